The van der Waals surface area contributed by atoms with Crippen molar-refractivity contribution >= 4 is 25.1 Å². The summed E-state index contributed by atoms with van der Waals surface area (Å²) in [6.07, 6.45) is 14.1. The Morgan fingerprint density at radius 2 is 1.42 bits per heavy atom. The Kier molecular flexibility index (Phi) is 12.5. The Morgan fingerprint density at radius 3 is 1.96 bits per heavy atom. The SMILES string of the molecule is CC(C)(C)C1CCC([Si](C)(C)C2CCC3CCCCC32)C1.[CH3-].[CH3-].[Cl][Zr+2][Cl]. The van der Waals surface area contributed by atoms with Crippen molar-refractivity contribution in [2.45, 2.75) is 103 Å². The standard InChI is InChI=1S/C20H38Si.2CH3.2ClH.Zr/c1-20(2,3)16-11-12-17(14-16)21(4,5)19-13-10-15-8-6-7-9-18(15)19;;;;;/h15-19H,6-14H2,1-5H3;2*1H3;2*1H;/q;2*-1;;;+4/p-2. The second kappa shape index (κ2) is 11.8. The zero-order valence-corrected chi connectivity index (χ0v) is 23.5. The number of hydrogen-bond donors (Lipinski definition) is 0. The van der Waals surface area contributed by atoms with Crippen molar-refractivity contribution in [3.05, 3.63) is 14.9 Å². The van der Waals surface area contributed by atoms with Gasteiger partial charge in [-0.3, -0.25) is 0 Å². The predicted molar refractivity (Wildman–Crippen MR) is 121 cm³/mol. The fraction of sp³-hybridized carbons (Fsp3) is 0.909. The monoisotopic (exact) mass is 496 g/mol. The van der Waals surface area contributed by atoms with E-state index in [1.165, 1.54) is 24.8 Å². The van der Waals surface area contributed by atoms with Crippen molar-refractivity contribution in [2.24, 2.45) is 23.2 Å². The van der Waals surface area contributed by atoms with Crippen LogP contribution >= 0.6 is 17.0 Å². The normalized spacial score (nSPS) is 33.7. The Hall–Kier alpha value is 1.68. The van der Waals surface area contributed by atoms with Crippen LogP contribution in [0, 0.1) is 38.0 Å². The van der Waals surface area contributed by atoms with Gasteiger partial charge in [-0.25, -0.2) is 0 Å². The third kappa shape index (κ3) is 6.60. The molecule has 3 aliphatic rings. The quantitative estimate of drug-likeness (QED) is 0.263. The number of rotatable bonds is 2. The number of hydrogen-bond acceptors (Lipinski definition) is 0. The molecule has 0 heterocycles. The third-order valence-corrected chi connectivity index (χ3v) is 13.3. The van der Waals surface area contributed by atoms with Gasteiger partial charge in [0, 0.05) is 0 Å². The van der Waals surface area contributed by atoms with E-state index in [0.29, 0.717) is 5.41 Å². The van der Waals surface area contributed by atoms with Gasteiger partial charge in [0.2, 0.25) is 0 Å². The van der Waals surface area contributed by atoms with Crippen molar-refractivity contribution in [1.82, 2.24) is 0 Å². The van der Waals surface area contributed by atoms with Gasteiger partial charge in [-0.15, -0.1) is 0 Å². The molecule has 0 saturated heterocycles. The molecular formula is C22H44Cl2SiZr. The summed E-state index contributed by atoms with van der Waals surface area (Å²) in [7, 11) is 8.80. The van der Waals surface area contributed by atoms with Crippen LogP contribution in [0.5, 0.6) is 0 Å². The van der Waals surface area contributed by atoms with Crippen LogP contribution in [0.4, 0.5) is 0 Å². The molecule has 0 spiro atoms. The molecule has 3 fully saturated rings. The predicted octanol–water partition coefficient (Wildman–Crippen LogP) is 9.16. The van der Waals surface area contributed by atoms with Crippen LogP contribution in [0.25, 0.3) is 0 Å². The molecule has 3 saturated carbocycles. The molecule has 0 aromatic carbocycles. The first-order chi connectivity index (χ1) is 11.2. The van der Waals surface area contributed by atoms with Crippen LogP contribution in [0.2, 0.25) is 24.2 Å². The molecule has 154 valence electrons. The van der Waals surface area contributed by atoms with Crippen molar-refractivity contribution in [1.29, 1.82) is 0 Å². The molecule has 5 unspecified atom stereocenters. The summed E-state index contributed by atoms with van der Waals surface area (Å²) in [6.45, 7) is 13.0. The van der Waals surface area contributed by atoms with Gasteiger partial charge in [-0.2, -0.15) is 0 Å². The van der Waals surface area contributed by atoms with Crippen LogP contribution in [-0.4, -0.2) is 8.07 Å². The van der Waals surface area contributed by atoms with E-state index in [-0.39, 0.29) is 14.9 Å². The maximum atomic E-state index is 4.93. The molecule has 26 heavy (non-hydrogen) atoms. The van der Waals surface area contributed by atoms with Gasteiger partial charge in [0.1, 0.15) is 0 Å². The van der Waals surface area contributed by atoms with Gasteiger partial charge < -0.3 is 14.9 Å². The molecule has 0 radical (unpaired) electrons. The minimum atomic E-state index is -1.07. The first-order valence-electron chi connectivity index (χ1n) is 10.2. The van der Waals surface area contributed by atoms with Crippen LogP contribution < -0.4 is 0 Å². The molecule has 3 aliphatic carbocycles. The summed E-state index contributed by atoms with van der Waals surface area (Å²) >= 11 is -0.826. The van der Waals surface area contributed by atoms with Crippen LogP contribution in [0.15, 0.2) is 0 Å². The second-order valence-corrected chi connectivity index (χ2v) is 19.3. The first kappa shape index (κ1) is 27.7. The van der Waals surface area contributed by atoms with Crippen molar-refractivity contribution in [2.75, 3.05) is 0 Å². The van der Waals surface area contributed by atoms with E-state index < -0.39 is 28.9 Å². The topological polar surface area (TPSA) is 0 Å². The Bertz CT molecular complexity index is 394. The van der Waals surface area contributed by atoms with Crippen LogP contribution in [0.1, 0.15) is 78.6 Å². The van der Waals surface area contributed by atoms with E-state index in [0.717, 1.165) is 23.3 Å². The molecule has 5 atom stereocenters. The third-order valence-electron chi connectivity index (χ3n) is 8.00. The van der Waals surface area contributed by atoms with Gasteiger partial charge in [0.05, 0.1) is 8.07 Å². The van der Waals surface area contributed by atoms with Gasteiger partial charge in [0.25, 0.3) is 0 Å². The van der Waals surface area contributed by atoms with E-state index in [1.54, 1.807) is 38.5 Å². The van der Waals surface area contributed by atoms with Crippen LogP contribution in [-0.2, 0) is 20.8 Å². The number of halogens is 2. The molecule has 0 amide bonds. The molecule has 4 heteroatoms. The Labute approximate surface area is 185 Å². The fourth-order valence-corrected chi connectivity index (χ4v) is 11.3. The molecule has 0 nitrogen and oxygen atoms in total. The maximum absolute atomic E-state index is 4.93. The zero-order chi connectivity index (χ0) is 18.0. The molecule has 0 aliphatic heterocycles. The van der Waals surface area contributed by atoms with Gasteiger partial charge >= 0.3 is 37.9 Å². The Balaban J connectivity index is 0.00000117. The van der Waals surface area contributed by atoms with E-state index in [9.17, 15) is 0 Å². The summed E-state index contributed by atoms with van der Waals surface area (Å²) in [5.74, 6) is 3.28. The van der Waals surface area contributed by atoms with Gasteiger partial charge in [-0.1, -0.05) is 78.8 Å². The molecule has 0 aromatic heterocycles. The fourth-order valence-electron chi connectivity index (χ4n) is 6.40. The first-order valence-corrected chi connectivity index (χ1v) is 19.7. The van der Waals surface area contributed by atoms with Gasteiger partial charge in [0.15, 0.2) is 0 Å². The average molecular weight is 499 g/mol. The summed E-state index contributed by atoms with van der Waals surface area (Å²) in [5, 5.41) is 0. The van der Waals surface area contributed by atoms with Crippen molar-refractivity contribution in [3.63, 3.8) is 0 Å². The minimum absolute atomic E-state index is 0. The molecule has 0 N–H and O–H groups in total. The van der Waals surface area contributed by atoms with Crippen molar-refractivity contribution < 1.29 is 20.8 Å². The van der Waals surface area contributed by atoms with Gasteiger partial charge in [-0.05, 0) is 47.1 Å². The molecule has 0 aromatic rings. The van der Waals surface area contributed by atoms with E-state index in [1.807, 2.05) is 0 Å². The van der Waals surface area contributed by atoms with Crippen molar-refractivity contribution in [3.8, 4) is 0 Å². The summed E-state index contributed by atoms with van der Waals surface area (Å²) in [5.41, 5.74) is 2.85. The summed E-state index contributed by atoms with van der Waals surface area (Å²) in [6, 6.07) is 0. The average Bonchev–Trinajstić information content (AvgIpc) is 3.15. The summed E-state index contributed by atoms with van der Waals surface area (Å²) < 4.78 is 0. The molecular weight excluding hydrogens is 454 g/mol. The second-order valence-electron chi connectivity index (χ2n) is 10.4. The van der Waals surface area contributed by atoms with Crippen LogP contribution in [0.3, 0.4) is 0 Å². The Morgan fingerprint density at radius 1 is 0.846 bits per heavy atom. The molecule has 0 bridgehead atoms. The number of fused-ring (bicyclic) bond motifs is 1. The van der Waals surface area contributed by atoms with E-state index in [2.05, 4.69) is 33.9 Å². The zero-order valence-electron chi connectivity index (χ0n) is 18.5. The van der Waals surface area contributed by atoms with E-state index >= 15 is 0 Å². The molecule has 3 rings (SSSR count). The summed E-state index contributed by atoms with van der Waals surface area (Å²) in [4.78, 5) is 0. The van der Waals surface area contributed by atoms with E-state index in [4.69, 9.17) is 17.0 Å².